The summed E-state index contributed by atoms with van der Waals surface area (Å²) >= 11 is 0. The minimum absolute atomic E-state index is 0.0573. The molecule has 0 bridgehead atoms. The van der Waals surface area contributed by atoms with E-state index in [2.05, 4.69) is 5.32 Å². The minimum atomic E-state index is -2.94. The van der Waals surface area contributed by atoms with Crippen molar-refractivity contribution in [3.63, 3.8) is 0 Å². The summed E-state index contributed by atoms with van der Waals surface area (Å²) in [5.41, 5.74) is 0. The first-order valence-corrected chi connectivity index (χ1v) is 6.81. The fourth-order valence-corrected chi connectivity index (χ4v) is 3.91. The molecule has 2 rings (SSSR count). The van der Waals surface area contributed by atoms with Gasteiger partial charge < -0.3 is 5.32 Å². The molecule has 0 aromatic carbocycles. The molecule has 0 spiro atoms. The largest absolute Gasteiger partial charge is 0.316 e. The molecule has 2 aliphatic rings. The molecule has 1 saturated heterocycles. The second-order valence-corrected chi connectivity index (χ2v) is 6.44. The molecule has 4 nitrogen and oxygen atoms in total. The van der Waals surface area contributed by atoms with Gasteiger partial charge in [0.25, 0.3) is 0 Å². The van der Waals surface area contributed by atoms with Gasteiger partial charge in [0.2, 0.25) is 10.0 Å². The number of rotatable bonds is 3. The molecule has 14 heavy (non-hydrogen) atoms. The average molecular weight is 218 g/mol. The molecule has 1 aliphatic heterocycles. The van der Waals surface area contributed by atoms with Crippen LogP contribution in [-0.2, 0) is 10.0 Å². The van der Waals surface area contributed by atoms with Crippen molar-refractivity contribution in [3.8, 4) is 0 Å². The van der Waals surface area contributed by atoms with Crippen molar-refractivity contribution in [3.05, 3.63) is 0 Å². The molecular formula is C9H18N2O2S. The summed E-state index contributed by atoms with van der Waals surface area (Å²) in [7, 11) is -1.04. The highest BCUT2D eigenvalue weighted by Gasteiger charge is 2.41. The maximum Gasteiger partial charge on any atom is 0.217 e. The first kappa shape index (κ1) is 10.4. The van der Waals surface area contributed by atoms with Crippen LogP contribution in [0.5, 0.6) is 0 Å². The third kappa shape index (κ3) is 1.94. The van der Waals surface area contributed by atoms with Crippen LogP contribution in [0.25, 0.3) is 0 Å². The molecule has 1 heterocycles. The van der Waals surface area contributed by atoms with Crippen molar-refractivity contribution < 1.29 is 8.42 Å². The van der Waals surface area contributed by atoms with Crippen LogP contribution >= 0.6 is 0 Å². The first-order chi connectivity index (χ1) is 6.64. The summed E-state index contributed by atoms with van der Waals surface area (Å²) < 4.78 is 25.5. The Morgan fingerprint density at radius 3 is 2.57 bits per heavy atom. The highest BCUT2D eigenvalue weighted by molar-refractivity contribution is 7.90. The Morgan fingerprint density at radius 2 is 2.00 bits per heavy atom. The quantitative estimate of drug-likeness (QED) is 0.734. The van der Waals surface area contributed by atoms with E-state index in [9.17, 15) is 8.42 Å². The standard InChI is InChI=1S/C9H18N2O2S/c1-10-8-3-2-6-11(7-8)14(12,13)9-4-5-9/h8-10H,2-7H2,1H3. The van der Waals surface area contributed by atoms with Crippen LogP contribution in [0, 0.1) is 0 Å². The fraction of sp³-hybridized carbons (Fsp3) is 1.00. The lowest BCUT2D eigenvalue weighted by atomic mass is 10.1. The van der Waals surface area contributed by atoms with Gasteiger partial charge in [-0.3, -0.25) is 0 Å². The number of hydrogen-bond donors (Lipinski definition) is 1. The maximum absolute atomic E-state index is 11.9. The van der Waals surface area contributed by atoms with Crippen molar-refractivity contribution in [2.45, 2.75) is 37.0 Å². The van der Waals surface area contributed by atoms with E-state index in [-0.39, 0.29) is 5.25 Å². The molecule has 0 radical (unpaired) electrons. The van der Waals surface area contributed by atoms with Gasteiger partial charge in [-0.2, -0.15) is 0 Å². The van der Waals surface area contributed by atoms with Crippen molar-refractivity contribution in [1.29, 1.82) is 0 Å². The van der Waals surface area contributed by atoms with Crippen LogP contribution in [0.15, 0.2) is 0 Å². The summed E-state index contributed by atoms with van der Waals surface area (Å²) in [6.45, 7) is 1.38. The highest BCUT2D eigenvalue weighted by Crippen LogP contribution is 2.32. The zero-order valence-electron chi connectivity index (χ0n) is 8.57. The Balaban J connectivity index is 2.03. The van der Waals surface area contributed by atoms with E-state index in [1.165, 1.54) is 0 Å². The second-order valence-electron chi connectivity index (χ2n) is 4.23. The van der Waals surface area contributed by atoms with Crippen molar-refractivity contribution >= 4 is 10.0 Å². The number of sulfonamides is 1. The monoisotopic (exact) mass is 218 g/mol. The van der Waals surface area contributed by atoms with Crippen LogP contribution in [0.3, 0.4) is 0 Å². The number of nitrogens with zero attached hydrogens (tertiary/aromatic N) is 1. The van der Waals surface area contributed by atoms with Crippen LogP contribution in [0.1, 0.15) is 25.7 Å². The van der Waals surface area contributed by atoms with E-state index in [4.69, 9.17) is 0 Å². The summed E-state index contributed by atoms with van der Waals surface area (Å²) in [4.78, 5) is 0. The highest BCUT2D eigenvalue weighted by atomic mass is 32.2. The first-order valence-electron chi connectivity index (χ1n) is 5.31. The number of piperidine rings is 1. The average Bonchev–Trinajstić information content (AvgIpc) is 3.01. The molecule has 0 aromatic heterocycles. The van der Waals surface area contributed by atoms with Gasteiger partial charge in [-0.1, -0.05) is 0 Å². The minimum Gasteiger partial charge on any atom is -0.316 e. The van der Waals surface area contributed by atoms with Gasteiger partial charge in [0.15, 0.2) is 0 Å². The number of hydrogen-bond acceptors (Lipinski definition) is 3. The van der Waals surface area contributed by atoms with Crippen LogP contribution < -0.4 is 5.32 Å². The zero-order chi connectivity index (χ0) is 10.2. The van der Waals surface area contributed by atoms with Gasteiger partial charge in [-0.05, 0) is 32.7 Å². The SMILES string of the molecule is CNC1CCCN(S(=O)(=O)C2CC2)C1. The summed E-state index contributed by atoms with van der Waals surface area (Å²) in [5, 5.41) is 3.10. The lowest BCUT2D eigenvalue weighted by Gasteiger charge is -2.31. The molecule has 1 atom stereocenters. The molecule has 1 aliphatic carbocycles. The van der Waals surface area contributed by atoms with E-state index in [1.54, 1.807) is 4.31 Å². The van der Waals surface area contributed by atoms with E-state index in [1.807, 2.05) is 7.05 Å². The Morgan fingerprint density at radius 1 is 1.29 bits per heavy atom. The van der Waals surface area contributed by atoms with Crippen molar-refractivity contribution in [1.82, 2.24) is 9.62 Å². The second kappa shape index (κ2) is 3.79. The normalized spacial score (nSPS) is 30.5. The number of nitrogens with one attached hydrogen (secondary N) is 1. The zero-order valence-corrected chi connectivity index (χ0v) is 9.39. The van der Waals surface area contributed by atoms with Gasteiger partial charge in [0.1, 0.15) is 0 Å². The van der Waals surface area contributed by atoms with E-state index >= 15 is 0 Å². The van der Waals surface area contributed by atoms with Crippen LogP contribution in [0.2, 0.25) is 0 Å². The maximum atomic E-state index is 11.9. The van der Waals surface area contributed by atoms with Gasteiger partial charge in [-0.15, -0.1) is 0 Å². The Hall–Kier alpha value is -0.130. The summed E-state index contributed by atoms with van der Waals surface area (Å²) in [5.74, 6) is 0. The Kier molecular flexibility index (Phi) is 2.81. The van der Waals surface area contributed by atoms with Gasteiger partial charge in [0, 0.05) is 19.1 Å². The predicted molar refractivity (Wildman–Crippen MR) is 55.6 cm³/mol. The smallest absolute Gasteiger partial charge is 0.217 e. The van der Waals surface area contributed by atoms with Crippen LogP contribution in [-0.4, -0.2) is 44.2 Å². The molecule has 1 N–H and O–H groups in total. The molecule has 5 heteroatoms. The van der Waals surface area contributed by atoms with Crippen LogP contribution in [0.4, 0.5) is 0 Å². The lowest BCUT2D eigenvalue weighted by Crippen LogP contribution is -2.47. The fourth-order valence-electron chi connectivity index (χ4n) is 1.99. The van der Waals surface area contributed by atoms with E-state index in [0.29, 0.717) is 12.6 Å². The molecule has 82 valence electrons. The molecular weight excluding hydrogens is 200 g/mol. The van der Waals surface area contributed by atoms with E-state index in [0.717, 1.165) is 32.2 Å². The summed E-state index contributed by atoms with van der Waals surface area (Å²) in [6.07, 6.45) is 3.80. The van der Waals surface area contributed by atoms with Gasteiger partial charge >= 0.3 is 0 Å². The Labute approximate surface area is 85.7 Å². The third-order valence-electron chi connectivity index (χ3n) is 3.10. The lowest BCUT2D eigenvalue weighted by molar-refractivity contribution is 0.292. The molecule has 0 amide bonds. The molecule has 0 aromatic rings. The molecule has 1 saturated carbocycles. The topological polar surface area (TPSA) is 49.4 Å². The van der Waals surface area contributed by atoms with Crippen molar-refractivity contribution in [2.75, 3.05) is 20.1 Å². The Bertz CT molecular complexity index is 298. The third-order valence-corrected chi connectivity index (χ3v) is 5.46. The number of likely N-dealkylation sites (N-methyl/N-ethyl adjacent to an activating group) is 1. The molecule has 1 unspecified atom stereocenters. The van der Waals surface area contributed by atoms with E-state index < -0.39 is 10.0 Å². The van der Waals surface area contributed by atoms with Crippen molar-refractivity contribution in [2.24, 2.45) is 0 Å². The van der Waals surface area contributed by atoms with Gasteiger partial charge in [0.05, 0.1) is 5.25 Å². The molecule has 2 fully saturated rings. The summed E-state index contributed by atoms with van der Waals surface area (Å²) in [6, 6.07) is 0.345. The predicted octanol–water partition coefficient (Wildman–Crippen LogP) is 0.162. The van der Waals surface area contributed by atoms with Gasteiger partial charge in [-0.25, -0.2) is 12.7 Å².